The van der Waals surface area contributed by atoms with E-state index >= 15 is 0 Å². The van der Waals surface area contributed by atoms with E-state index in [0.29, 0.717) is 11.9 Å². The molecule has 2 aromatic rings. The van der Waals surface area contributed by atoms with Crippen molar-refractivity contribution in [2.24, 2.45) is 5.41 Å². The molecule has 1 unspecified atom stereocenters. The van der Waals surface area contributed by atoms with Crippen LogP contribution in [0.15, 0.2) is 18.6 Å². The van der Waals surface area contributed by atoms with Crippen LogP contribution in [0.2, 0.25) is 0 Å². The molecule has 2 aromatic heterocycles. The molecule has 0 bridgehead atoms. The van der Waals surface area contributed by atoms with Gasteiger partial charge in [0.2, 0.25) is 0 Å². The molecule has 0 saturated carbocycles. The van der Waals surface area contributed by atoms with Crippen LogP contribution in [0.25, 0.3) is 11.6 Å². The van der Waals surface area contributed by atoms with Crippen molar-refractivity contribution in [3.05, 3.63) is 29.8 Å². The fourth-order valence-corrected chi connectivity index (χ4v) is 2.98. The minimum atomic E-state index is 0.259. The summed E-state index contributed by atoms with van der Waals surface area (Å²) in [6.07, 6.45) is 7.59. The molecule has 2 heterocycles. The lowest BCUT2D eigenvalue weighted by Crippen LogP contribution is -2.34. The van der Waals surface area contributed by atoms with Crippen molar-refractivity contribution in [1.29, 1.82) is 0 Å². The number of rotatable bonds is 3. The number of nitrogens with zero attached hydrogens (tertiary/aromatic N) is 3. The van der Waals surface area contributed by atoms with Gasteiger partial charge in [0, 0.05) is 35.9 Å². The van der Waals surface area contributed by atoms with E-state index in [1.807, 2.05) is 6.20 Å². The van der Waals surface area contributed by atoms with E-state index < -0.39 is 0 Å². The Hall–Kier alpha value is -1.75. The summed E-state index contributed by atoms with van der Waals surface area (Å²) in [5.41, 5.74) is 2.64. The molecule has 0 spiro atoms. The van der Waals surface area contributed by atoms with Gasteiger partial charge in [-0.05, 0) is 24.8 Å². The van der Waals surface area contributed by atoms with Crippen molar-refractivity contribution in [3.63, 3.8) is 0 Å². The number of aromatic nitrogens is 4. The molecule has 0 amide bonds. The predicted molar refractivity (Wildman–Crippen MR) is 78.1 cm³/mol. The number of imidazole rings is 1. The molecule has 0 aliphatic heterocycles. The number of nitrogens with one attached hydrogen (secondary N) is 2. The Morgan fingerprint density at radius 2 is 2.25 bits per heavy atom. The van der Waals surface area contributed by atoms with E-state index in [1.54, 1.807) is 12.4 Å². The van der Waals surface area contributed by atoms with Gasteiger partial charge in [-0.2, -0.15) is 0 Å². The quantitative estimate of drug-likeness (QED) is 0.900. The van der Waals surface area contributed by atoms with Crippen LogP contribution in [-0.4, -0.2) is 26.5 Å². The van der Waals surface area contributed by atoms with Gasteiger partial charge in [-0.15, -0.1) is 0 Å². The van der Waals surface area contributed by atoms with Crippen LogP contribution in [0.4, 0.5) is 0 Å². The Kier molecular flexibility index (Phi) is 3.30. The summed E-state index contributed by atoms with van der Waals surface area (Å²) in [6.45, 7) is 7.70. The van der Waals surface area contributed by atoms with Crippen LogP contribution in [0.1, 0.15) is 44.5 Å². The normalized spacial score (nSPS) is 20.6. The van der Waals surface area contributed by atoms with E-state index in [-0.39, 0.29) is 5.41 Å². The molecule has 0 fully saturated rings. The fraction of sp³-hybridized carbons (Fsp3) is 0.533. The minimum absolute atomic E-state index is 0.259. The minimum Gasteiger partial charge on any atom is -0.342 e. The van der Waals surface area contributed by atoms with Crippen LogP contribution < -0.4 is 5.32 Å². The zero-order chi connectivity index (χ0) is 14.2. The van der Waals surface area contributed by atoms with Crippen LogP contribution in [-0.2, 0) is 6.42 Å². The van der Waals surface area contributed by atoms with Gasteiger partial charge in [-0.3, -0.25) is 0 Å². The first-order valence-corrected chi connectivity index (χ1v) is 7.18. The molecule has 20 heavy (non-hydrogen) atoms. The molecule has 5 heteroatoms. The molecule has 5 nitrogen and oxygen atoms in total. The second-order valence-electron chi connectivity index (χ2n) is 6.19. The van der Waals surface area contributed by atoms with Crippen LogP contribution in [0, 0.1) is 5.41 Å². The Morgan fingerprint density at radius 3 is 2.95 bits per heavy atom. The summed E-state index contributed by atoms with van der Waals surface area (Å²) in [7, 11) is 0. The number of hydrogen-bond donors (Lipinski definition) is 2. The highest BCUT2D eigenvalue weighted by molar-refractivity contribution is 5.44. The van der Waals surface area contributed by atoms with Gasteiger partial charge in [0.15, 0.2) is 11.6 Å². The molecule has 1 aliphatic carbocycles. The summed E-state index contributed by atoms with van der Waals surface area (Å²) < 4.78 is 0. The first-order chi connectivity index (χ1) is 9.59. The first-order valence-electron chi connectivity index (χ1n) is 7.18. The van der Waals surface area contributed by atoms with Gasteiger partial charge in [-0.1, -0.05) is 20.8 Å². The lowest BCUT2D eigenvalue weighted by Gasteiger charge is -2.36. The fourth-order valence-electron chi connectivity index (χ4n) is 2.98. The van der Waals surface area contributed by atoms with E-state index in [9.17, 15) is 0 Å². The van der Waals surface area contributed by atoms with Gasteiger partial charge >= 0.3 is 0 Å². The Balaban J connectivity index is 2.01. The van der Waals surface area contributed by atoms with Crippen LogP contribution >= 0.6 is 0 Å². The van der Waals surface area contributed by atoms with Crippen molar-refractivity contribution < 1.29 is 0 Å². The lowest BCUT2D eigenvalue weighted by molar-refractivity contribution is 0.255. The summed E-state index contributed by atoms with van der Waals surface area (Å²) in [6, 6.07) is 0.351. The Labute approximate surface area is 119 Å². The number of fused-ring (bicyclic) bond motifs is 1. The predicted octanol–water partition coefficient (Wildman–Crippen LogP) is 2.49. The molecule has 0 aromatic carbocycles. The zero-order valence-corrected chi connectivity index (χ0v) is 12.3. The highest BCUT2D eigenvalue weighted by atomic mass is 15.0. The smallest absolute Gasteiger partial charge is 0.195 e. The number of H-pyrrole nitrogens is 1. The van der Waals surface area contributed by atoms with Crippen LogP contribution in [0.3, 0.4) is 0 Å². The van der Waals surface area contributed by atoms with E-state index in [1.165, 1.54) is 5.56 Å². The SMILES string of the molecule is CCNC1CC(C)(C)Cc2nc(-c3ncc[nH]3)ncc21. The maximum atomic E-state index is 4.74. The van der Waals surface area contributed by atoms with E-state index in [0.717, 1.165) is 30.9 Å². The maximum absolute atomic E-state index is 4.74. The third-order valence-corrected chi connectivity index (χ3v) is 3.84. The lowest BCUT2D eigenvalue weighted by atomic mass is 9.74. The standard InChI is InChI=1S/C15H21N5/c1-4-16-11-7-15(2,3)8-12-10(11)9-19-14(20-12)13-17-5-6-18-13/h5-6,9,11,16H,4,7-8H2,1-3H3,(H,17,18). The van der Waals surface area contributed by atoms with Crippen molar-refractivity contribution in [1.82, 2.24) is 25.3 Å². The third-order valence-electron chi connectivity index (χ3n) is 3.84. The monoisotopic (exact) mass is 271 g/mol. The Morgan fingerprint density at radius 1 is 1.40 bits per heavy atom. The maximum Gasteiger partial charge on any atom is 0.195 e. The van der Waals surface area contributed by atoms with Crippen molar-refractivity contribution in [3.8, 4) is 11.6 Å². The van der Waals surface area contributed by atoms with Gasteiger partial charge in [0.25, 0.3) is 0 Å². The Bertz CT molecular complexity index is 588. The van der Waals surface area contributed by atoms with E-state index in [4.69, 9.17) is 4.98 Å². The van der Waals surface area contributed by atoms with Crippen LogP contribution in [0.5, 0.6) is 0 Å². The highest BCUT2D eigenvalue weighted by Gasteiger charge is 2.33. The van der Waals surface area contributed by atoms with Gasteiger partial charge in [0.1, 0.15) is 0 Å². The molecule has 1 aliphatic rings. The number of aromatic amines is 1. The first kappa shape index (κ1) is 13.2. The van der Waals surface area contributed by atoms with Gasteiger partial charge in [-0.25, -0.2) is 15.0 Å². The molecular weight excluding hydrogens is 250 g/mol. The van der Waals surface area contributed by atoms with Crippen molar-refractivity contribution in [2.75, 3.05) is 6.54 Å². The summed E-state index contributed by atoms with van der Waals surface area (Å²) >= 11 is 0. The molecule has 106 valence electrons. The van der Waals surface area contributed by atoms with E-state index in [2.05, 4.69) is 41.0 Å². The molecule has 0 saturated heterocycles. The second-order valence-corrected chi connectivity index (χ2v) is 6.19. The molecule has 3 rings (SSSR count). The van der Waals surface area contributed by atoms with Crippen molar-refractivity contribution >= 4 is 0 Å². The van der Waals surface area contributed by atoms with Gasteiger partial charge in [0.05, 0.1) is 0 Å². The second kappa shape index (κ2) is 4.98. The van der Waals surface area contributed by atoms with Crippen molar-refractivity contribution in [2.45, 2.75) is 39.7 Å². The zero-order valence-electron chi connectivity index (χ0n) is 12.3. The average Bonchev–Trinajstić information content (AvgIpc) is 2.90. The summed E-state index contributed by atoms with van der Waals surface area (Å²) in [5.74, 6) is 1.41. The molecule has 0 radical (unpaired) electrons. The third kappa shape index (κ3) is 2.45. The molecular formula is C15H21N5. The molecule has 2 N–H and O–H groups in total. The molecule has 1 atom stereocenters. The highest BCUT2D eigenvalue weighted by Crippen LogP contribution is 2.39. The average molecular weight is 271 g/mol. The summed E-state index contributed by atoms with van der Waals surface area (Å²) in [4.78, 5) is 16.5. The number of hydrogen-bond acceptors (Lipinski definition) is 4. The summed E-state index contributed by atoms with van der Waals surface area (Å²) in [5, 5.41) is 3.55. The largest absolute Gasteiger partial charge is 0.342 e. The topological polar surface area (TPSA) is 66.5 Å². The van der Waals surface area contributed by atoms with Gasteiger partial charge < -0.3 is 10.3 Å².